The Kier molecular flexibility index (Phi) is 5.62. The molecule has 3 rings (SSSR count). The molecule has 7 nitrogen and oxygen atoms in total. The Balaban J connectivity index is 1.56. The van der Waals surface area contributed by atoms with Crippen molar-refractivity contribution >= 4 is 35.2 Å². The maximum atomic E-state index is 12.2. The van der Waals surface area contributed by atoms with Crippen LogP contribution in [0.5, 0.6) is 0 Å². The van der Waals surface area contributed by atoms with Gasteiger partial charge in [0.25, 0.3) is 5.91 Å². The van der Waals surface area contributed by atoms with Crippen molar-refractivity contribution in [1.29, 1.82) is 0 Å². The van der Waals surface area contributed by atoms with E-state index in [2.05, 4.69) is 10.6 Å². The van der Waals surface area contributed by atoms with Gasteiger partial charge in [-0.15, -0.1) is 11.8 Å². The minimum atomic E-state index is -0.628. The lowest BCUT2D eigenvalue weighted by Crippen LogP contribution is -2.31. The zero-order chi connectivity index (χ0) is 18.5. The summed E-state index contributed by atoms with van der Waals surface area (Å²) < 4.78 is 10.3. The highest BCUT2D eigenvalue weighted by atomic mass is 32.2. The predicted octanol–water partition coefficient (Wildman–Crippen LogP) is 2.75. The molecule has 0 saturated carbocycles. The van der Waals surface area contributed by atoms with Gasteiger partial charge in [-0.3, -0.25) is 9.59 Å². The molecule has 2 heterocycles. The summed E-state index contributed by atoms with van der Waals surface area (Å²) in [4.78, 5) is 36.6. The van der Waals surface area contributed by atoms with E-state index in [4.69, 9.17) is 9.15 Å². The van der Waals surface area contributed by atoms with Crippen LogP contribution < -0.4 is 10.6 Å². The molecular weight excluding hydrogens is 356 g/mol. The number of esters is 1. The van der Waals surface area contributed by atoms with Gasteiger partial charge >= 0.3 is 5.97 Å². The van der Waals surface area contributed by atoms with E-state index in [1.165, 1.54) is 6.26 Å². The molecule has 0 fully saturated rings. The second-order valence-electron chi connectivity index (χ2n) is 5.74. The molecule has 26 heavy (non-hydrogen) atoms. The lowest BCUT2D eigenvalue weighted by molar-refractivity contribution is -0.125. The summed E-state index contributed by atoms with van der Waals surface area (Å²) in [7, 11) is 0. The third kappa shape index (κ3) is 4.45. The molecule has 2 N–H and O–H groups in total. The first-order valence-electron chi connectivity index (χ1n) is 8.09. The fraction of sp³-hybridized carbons (Fsp3) is 0.278. The van der Waals surface area contributed by atoms with Gasteiger partial charge in [-0.25, -0.2) is 4.79 Å². The summed E-state index contributed by atoms with van der Waals surface area (Å²) in [6, 6.07) is 8.11. The van der Waals surface area contributed by atoms with Gasteiger partial charge < -0.3 is 19.8 Å². The Bertz CT molecular complexity index is 819. The molecular formula is C18H18N2O5S. The van der Waals surface area contributed by atoms with E-state index in [9.17, 15) is 14.4 Å². The van der Waals surface area contributed by atoms with Gasteiger partial charge in [-0.1, -0.05) is 0 Å². The number of ether oxygens (including phenoxy) is 1. The number of anilines is 1. The van der Waals surface area contributed by atoms with Crippen molar-refractivity contribution in [1.82, 2.24) is 5.32 Å². The highest BCUT2D eigenvalue weighted by Gasteiger charge is 2.18. The van der Waals surface area contributed by atoms with Crippen molar-refractivity contribution in [2.75, 3.05) is 17.7 Å². The van der Waals surface area contributed by atoms with Crippen LogP contribution in [0.1, 0.15) is 35.5 Å². The Morgan fingerprint density at radius 3 is 3.00 bits per heavy atom. The molecule has 2 amide bonds. The molecule has 0 bridgehead atoms. The molecule has 0 aliphatic carbocycles. The van der Waals surface area contributed by atoms with E-state index in [0.29, 0.717) is 23.6 Å². The molecule has 0 spiro atoms. The summed E-state index contributed by atoms with van der Waals surface area (Å²) in [6.45, 7) is 1.37. The number of carbonyl (C=O) groups excluding carboxylic acids is 3. The first kappa shape index (κ1) is 18.1. The van der Waals surface area contributed by atoms with E-state index in [1.54, 1.807) is 49.0 Å². The molecule has 1 aliphatic heterocycles. The number of carbonyl (C=O) groups is 3. The van der Waals surface area contributed by atoms with E-state index >= 15 is 0 Å². The Morgan fingerprint density at radius 1 is 1.38 bits per heavy atom. The van der Waals surface area contributed by atoms with Crippen molar-refractivity contribution in [3.05, 3.63) is 47.9 Å². The summed E-state index contributed by atoms with van der Waals surface area (Å²) in [5, 5.41) is 5.45. The maximum absolute atomic E-state index is 12.2. The molecule has 1 atom stereocenters. The summed E-state index contributed by atoms with van der Waals surface area (Å²) in [5.41, 5.74) is 0.862. The van der Waals surface area contributed by atoms with Crippen LogP contribution in [0.3, 0.4) is 0 Å². The zero-order valence-corrected chi connectivity index (χ0v) is 14.9. The van der Waals surface area contributed by atoms with Crippen LogP contribution >= 0.6 is 11.8 Å². The van der Waals surface area contributed by atoms with Gasteiger partial charge in [-0.2, -0.15) is 0 Å². The van der Waals surface area contributed by atoms with Gasteiger partial charge in [0.05, 0.1) is 23.6 Å². The topological polar surface area (TPSA) is 97.6 Å². The largest absolute Gasteiger partial charge is 0.467 e. The number of hydrogen-bond donors (Lipinski definition) is 2. The minimum Gasteiger partial charge on any atom is -0.467 e. The first-order chi connectivity index (χ1) is 12.5. The normalized spacial score (nSPS) is 14.6. The number of benzene rings is 1. The number of amides is 2. The number of thioether (sulfide) groups is 1. The lowest BCUT2D eigenvalue weighted by atomic mass is 10.2. The second-order valence-corrected chi connectivity index (χ2v) is 6.88. The van der Waals surface area contributed by atoms with Crippen molar-refractivity contribution in [2.45, 2.75) is 24.3 Å². The number of hydrogen-bond acceptors (Lipinski definition) is 6. The molecule has 136 valence electrons. The highest BCUT2D eigenvalue weighted by molar-refractivity contribution is 7.99. The third-order valence-corrected chi connectivity index (χ3v) is 4.83. The molecule has 0 saturated heterocycles. The smallest absolute Gasteiger partial charge is 0.338 e. The van der Waals surface area contributed by atoms with Crippen molar-refractivity contribution in [2.24, 2.45) is 0 Å². The second kappa shape index (κ2) is 8.09. The van der Waals surface area contributed by atoms with E-state index in [0.717, 1.165) is 4.90 Å². The average Bonchev–Trinajstić information content (AvgIpc) is 3.09. The third-order valence-electron chi connectivity index (χ3n) is 3.76. The van der Waals surface area contributed by atoms with Crippen LogP contribution in [0, 0.1) is 0 Å². The van der Waals surface area contributed by atoms with Crippen LogP contribution in [-0.4, -0.2) is 30.1 Å². The van der Waals surface area contributed by atoms with Crippen molar-refractivity contribution in [3.63, 3.8) is 0 Å². The molecule has 0 radical (unpaired) electrons. The fourth-order valence-corrected chi connectivity index (χ4v) is 3.39. The van der Waals surface area contributed by atoms with Crippen LogP contribution in [-0.2, 0) is 14.3 Å². The Labute approximate surface area is 154 Å². The summed E-state index contributed by atoms with van der Waals surface area (Å²) in [5.74, 6) is 0.158. The van der Waals surface area contributed by atoms with Crippen LogP contribution in [0.15, 0.2) is 45.9 Å². The lowest BCUT2D eigenvalue weighted by Gasteiger charge is -2.12. The van der Waals surface area contributed by atoms with Crippen LogP contribution in [0.2, 0.25) is 0 Å². The van der Waals surface area contributed by atoms with Gasteiger partial charge in [0.15, 0.2) is 6.61 Å². The Morgan fingerprint density at radius 2 is 2.23 bits per heavy atom. The zero-order valence-electron chi connectivity index (χ0n) is 14.1. The Hall–Kier alpha value is -2.74. The van der Waals surface area contributed by atoms with Gasteiger partial charge in [0.1, 0.15) is 5.76 Å². The van der Waals surface area contributed by atoms with Gasteiger partial charge in [0, 0.05) is 17.1 Å². The molecule has 2 aromatic rings. The maximum Gasteiger partial charge on any atom is 0.338 e. The number of nitrogens with one attached hydrogen (secondary N) is 2. The van der Waals surface area contributed by atoms with Crippen molar-refractivity contribution in [3.8, 4) is 0 Å². The summed E-state index contributed by atoms with van der Waals surface area (Å²) >= 11 is 1.55. The molecule has 1 aromatic heterocycles. The molecule has 8 heteroatoms. The fourth-order valence-electron chi connectivity index (χ4n) is 2.45. The quantitative estimate of drug-likeness (QED) is 0.781. The predicted molar refractivity (Wildman–Crippen MR) is 96.0 cm³/mol. The number of furan rings is 1. The summed E-state index contributed by atoms with van der Waals surface area (Å²) in [6.07, 6.45) is 1.94. The van der Waals surface area contributed by atoms with Gasteiger partial charge in [-0.05, 0) is 37.3 Å². The SMILES string of the molecule is C[C@@H](NC(=O)COC(=O)c1ccc2c(c1)NC(=O)CCS2)c1ccco1. The van der Waals surface area contributed by atoms with E-state index in [1.807, 2.05) is 0 Å². The molecule has 1 aromatic carbocycles. The minimum absolute atomic E-state index is 0.0898. The average molecular weight is 374 g/mol. The van der Waals surface area contributed by atoms with Gasteiger partial charge in [0.2, 0.25) is 5.91 Å². The number of rotatable bonds is 5. The molecule has 1 aliphatic rings. The van der Waals surface area contributed by atoms with Crippen molar-refractivity contribution < 1.29 is 23.5 Å². The number of fused-ring (bicyclic) bond motifs is 1. The van der Waals surface area contributed by atoms with E-state index < -0.39 is 18.5 Å². The standard InChI is InChI=1S/C18H18N2O5S/c1-11(14-3-2-7-24-14)19-17(22)10-25-18(23)12-4-5-15-13(9-12)20-16(21)6-8-26-15/h2-5,7,9,11H,6,8,10H2,1H3,(H,19,22)(H,20,21)/t11-/m1/s1. The highest BCUT2D eigenvalue weighted by Crippen LogP contribution is 2.31. The first-order valence-corrected chi connectivity index (χ1v) is 9.08. The molecule has 0 unspecified atom stereocenters. The monoisotopic (exact) mass is 374 g/mol. The van der Waals surface area contributed by atoms with Crippen LogP contribution in [0.4, 0.5) is 5.69 Å². The van der Waals surface area contributed by atoms with Crippen LogP contribution in [0.25, 0.3) is 0 Å². The van der Waals surface area contributed by atoms with E-state index in [-0.39, 0.29) is 17.5 Å².